The van der Waals surface area contributed by atoms with Gasteiger partial charge in [0.15, 0.2) is 0 Å². The molecular formula is C27H23F3N4O3. The van der Waals surface area contributed by atoms with Gasteiger partial charge in [0, 0.05) is 23.7 Å². The number of nitrogens with zero attached hydrogens (tertiary/aromatic N) is 3. The molecule has 1 amide bonds. The Morgan fingerprint density at radius 3 is 2.30 bits per heavy atom. The fourth-order valence-electron chi connectivity index (χ4n) is 4.40. The van der Waals surface area contributed by atoms with E-state index in [1.54, 1.807) is 0 Å². The lowest BCUT2D eigenvalue weighted by Gasteiger charge is -2.14. The number of rotatable bonds is 6. The van der Waals surface area contributed by atoms with E-state index in [0.717, 1.165) is 11.1 Å². The van der Waals surface area contributed by atoms with Crippen LogP contribution in [0.5, 0.6) is 5.75 Å². The van der Waals surface area contributed by atoms with E-state index < -0.39 is 6.36 Å². The van der Waals surface area contributed by atoms with E-state index in [9.17, 15) is 18.0 Å². The van der Waals surface area contributed by atoms with Gasteiger partial charge in [0.1, 0.15) is 5.75 Å². The fourth-order valence-corrected chi connectivity index (χ4v) is 4.40. The number of halogens is 3. The second kappa shape index (κ2) is 10.1. The molecule has 0 saturated carbocycles. The zero-order valence-electron chi connectivity index (χ0n) is 19.8. The monoisotopic (exact) mass is 508 g/mol. The normalized spacial score (nSPS) is 18.1. The highest BCUT2D eigenvalue weighted by atomic mass is 19.4. The van der Waals surface area contributed by atoms with Crippen LogP contribution < -0.4 is 10.1 Å². The summed E-state index contributed by atoms with van der Waals surface area (Å²) in [6.45, 7) is 0.597. The number of aromatic nitrogens is 2. The summed E-state index contributed by atoms with van der Waals surface area (Å²) in [6, 6.07) is 22.3. The molecule has 0 radical (unpaired) electrons. The van der Waals surface area contributed by atoms with E-state index in [2.05, 4.69) is 20.2 Å². The van der Waals surface area contributed by atoms with E-state index in [1.807, 2.05) is 66.5 Å². The molecule has 0 aliphatic carbocycles. The highest BCUT2D eigenvalue weighted by Gasteiger charge is 2.35. The Labute approximate surface area is 210 Å². The molecule has 2 atom stereocenters. The second-order valence-corrected chi connectivity index (χ2v) is 8.83. The molecule has 3 aromatic carbocycles. The van der Waals surface area contributed by atoms with Gasteiger partial charge < -0.3 is 14.6 Å². The summed E-state index contributed by atoms with van der Waals surface area (Å²) in [7, 11) is 1.90. The first-order valence-electron chi connectivity index (χ1n) is 11.6. The van der Waals surface area contributed by atoms with Crippen LogP contribution in [0.4, 0.5) is 13.2 Å². The minimum atomic E-state index is -4.76. The fraction of sp³-hybridized carbons (Fsp3) is 0.222. The highest BCUT2D eigenvalue weighted by molar-refractivity contribution is 5.94. The van der Waals surface area contributed by atoms with Crippen molar-refractivity contribution in [1.82, 2.24) is 20.4 Å². The molecule has 1 fully saturated rings. The average molecular weight is 509 g/mol. The van der Waals surface area contributed by atoms with Crippen molar-refractivity contribution >= 4 is 5.91 Å². The molecule has 1 aliphatic heterocycles. The van der Waals surface area contributed by atoms with Crippen molar-refractivity contribution in [3.05, 3.63) is 90.3 Å². The number of hydrogen-bond donors (Lipinski definition) is 1. The van der Waals surface area contributed by atoms with Crippen LogP contribution in [0.1, 0.15) is 28.7 Å². The van der Waals surface area contributed by atoms with Gasteiger partial charge in [-0.2, -0.15) is 4.98 Å². The summed E-state index contributed by atoms with van der Waals surface area (Å²) in [6.07, 6.45) is -4.18. The van der Waals surface area contributed by atoms with Gasteiger partial charge in [0.2, 0.25) is 11.7 Å². The molecule has 1 saturated heterocycles. The highest BCUT2D eigenvalue weighted by Crippen LogP contribution is 2.32. The Kier molecular flexibility index (Phi) is 6.66. The average Bonchev–Trinajstić information content (AvgIpc) is 3.51. The lowest BCUT2D eigenvalue weighted by atomic mass is 10.0. The zero-order chi connectivity index (χ0) is 26.0. The van der Waals surface area contributed by atoms with Crippen LogP contribution in [0.2, 0.25) is 0 Å². The van der Waals surface area contributed by atoms with E-state index >= 15 is 0 Å². The maximum absolute atomic E-state index is 12.8. The van der Waals surface area contributed by atoms with E-state index in [1.165, 1.54) is 24.3 Å². The van der Waals surface area contributed by atoms with Crippen LogP contribution in [-0.4, -0.2) is 46.9 Å². The SMILES string of the molecule is CN1C[C@@H](NC(=O)c2ccc(-c3ccccc3)cc2)C[C@H]1c1nc(-c2ccc(OC(F)(F)F)cc2)no1. The predicted molar refractivity (Wildman–Crippen MR) is 130 cm³/mol. The largest absolute Gasteiger partial charge is 0.573 e. The summed E-state index contributed by atoms with van der Waals surface area (Å²) in [5.41, 5.74) is 3.18. The maximum Gasteiger partial charge on any atom is 0.573 e. The standard InChI is InChI=1S/C27H23F3N4O3/c1-34-16-21(31-25(35)20-9-7-18(8-10-20)17-5-3-2-4-6-17)15-23(34)26-32-24(33-37-26)19-11-13-22(14-12-19)36-27(28,29)30/h2-14,21,23H,15-16H2,1H3,(H,31,35)/t21-,23-/m0/s1. The maximum atomic E-state index is 12.8. The topological polar surface area (TPSA) is 80.5 Å². The first-order chi connectivity index (χ1) is 17.7. The van der Waals surface area contributed by atoms with Crippen LogP contribution in [-0.2, 0) is 0 Å². The number of carbonyl (C=O) groups is 1. The molecule has 0 spiro atoms. The molecular weight excluding hydrogens is 485 g/mol. The summed E-state index contributed by atoms with van der Waals surface area (Å²) in [4.78, 5) is 19.3. The third-order valence-electron chi connectivity index (χ3n) is 6.21. The summed E-state index contributed by atoms with van der Waals surface area (Å²) >= 11 is 0. The zero-order valence-corrected chi connectivity index (χ0v) is 19.8. The summed E-state index contributed by atoms with van der Waals surface area (Å²) in [5.74, 6) is 0.139. The molecule has 37 heavy (non-hydrogen) atoms. The Morgan fingerprint density at radius 1 is 0.973 bits per heavy atom. The number of hydrogen-bond acceptors (Lipinski definition) is 6. The van der Waals surface area contributed by atoms with Crippen LogP contribution in [0.25, 0.3) is 22.5 Å². The molecule has 190 valence electrons. The lowest BCUT2D eigenvalue weighted by Crippen LogP contribution is -2.36. The van der Waals surface area contributed by atoms with Crippen LogP contribution in [0, 0.1) is 0 Å². The number of alkyl halides is 3. The van der Waals surface area contributed by atoms with Gasteiger partial charge in [-0.05, 0) is 61.0 Å². The molecule has 0 unspecified atom stereocenters. The van der Waals surface area contributed by atoms with Gasteiger partial charge in [-0.3, -0.25) is 9.69 Å². The van der Waals surface area contributed by atoms with Crippen molar-refractivity contribution in [3.8, 4) is 28.3 Å². The number of carbonyl (C=O) groups excluding carboxylic acids is 1. The first kappa shape index (κ1) is 24.5. The quantitative estimate of drug-likeness (QED) is 0.372. The van der Waals surface area contributed by atoms with Crippen molar-refractivity contribution in [3.63, 3.8) is 0 Å². The molecule has 1 aromatic heterocycles. The van der Waals surface area contributed by atoms with Gasteiger partial charge in [0.25, 0.3) is 5.91 Å². The van der Waals surface area contributed by atoms with E-state index in [0.29, 0.717) is 30.0 Å². The van der Waals surface area contributed by atoms with Crippen molar-refractivity contribution in [2.75, 3.05) is 13.6 Å². The van der Waals surface area contributed by atoms with E-state index in [4.69, 9.17) is 4.52 Å². The smallest absolute Gasteiger partial charge is 0.406 e. The minimum absolute atomic E-state index is 0.120. The number of likely N-dealkylation sites (N-methyl/N-ethyl adjacent to an activating group) is 1. The van der Waals surface area contributed by atoms with Gasteiger partial charge in [-0.25, -0.2) is 0 Å². The van der Waals surface area contributed by atoms with Crippen LogP contribution in [0.3, 0.4) is 0 Å². The Balaban J connectivity index is 1.21. The number of ether oxygens (including phenoxy) is 1. The van der Waals surface area contributed by atoms with Crippen LogP contribution >= 0.6 is 0 Å². The van der Waals surface area contributed by atoms with Crippen LogP contribution in [0.15, 0.2) is 83.4 Å². The third-order valence-corrected chi connectivity index (χ3v) is 6.21. The Morgan fingerprint density at radius 2 is 1.62 bits per heavy atom. The lowest BCUT2D eigenvalue weighted by molar-refractivity contribution is -0.274. The predicted octanol–water partition coefficient (Wildman–Crippen LogP) is 5.48. The molecule has 2 heterocycles. The number of nitrogens with one attached hydrogen (secondary N) is 1. The molecule has 10 heteroatoms. The minimum Gasteiger partial charge on any atom is -0.406 e. The molecule has 1 aliphatic rings. The Bertz CT molecular complexity index is 1360. The third kappa shape index (κ3) is 5.80. The summed E-state index contributed by atoms with van der Waals surface area (Å²) in [5, 5.41) is 7.04. The van der Waals surface area contributed by atoms with Crippen molar-refractivity contribution in [1.29, 1.82) is 0 Å². The number of benzene rings is 3. The van der Waals surface area contributed by atoms with Crippen molar-refractivity contribution in [2.45, 2.75) is 24.9 Å². The molecule has 5 rings (SSSR count). The second-order valence-electron chi connectivity index (χ2n) is 8.83. The Hall–Kier alpha value is -4.18. The molecule has 4 aromatic rings. The number of amides is 1. The van der Waals surface area contributed by atoms with Gasteiger partial charge in [-0.15, -0.1) is 13.2 Å². The van der Waals surface area contributed by atoms with Gasteiger partial charge in [-0.1, -0.05) is 47.6 Å². The first-order valence-corrected chi connectivity index (χ1v) is 11.6. The van der Waals surface area contributed by atoms with E-state index in [-0.39, 0.29) is 29.6 Å². The molecule has 0 bridgehead atoms. The van der Waals surface area contributed by atoms with Gasteiger partial charge >= 0.3 is 6.36 Å². The number of likely N-dealkylation sites (tertiary alicyclic amines) is 1. The van der Waals surface area contributed by atoms with Gasteiger partial charge in [0.05, 0.1) is 6.04 Å². The molecule has 1 N–H and O–H groups in total. The summed E-state index contributed by atoms with van der Waals surface area (Å²) < 4.78 is 46.5. The van der Waals surface area contributed by atoms with Crippen molar-refractivity contribution in [2.24, 2.45) is 0 Å². The van der Waals surface area contributed by atoms with Crippen molar-refractivity contribution < 1.29 is 27.2 Å². The molecule has 7 nitrogen and oxygen atoms in total.